The normalized spacial score (nSPS) is 13.6. The zero-order valence-electron chi connectivity index (χ0n) is 18.7. The lowest BCUT2D eigenvalue weighted by atomic mass is 10.2. The fourth-order valence-electron chi connectivity index (χ4n) is 3.61. The standard InChI is InChI=1S/C24H23F2N3O4S/c1-15(30)28-7-9-29(10-8-28)24(31)20-14-34-23(27-20)16-4-6-21(22(11-16)32-2)33-13-17-3-5-18(25)12-19(17)26/h3-6,11-12,14H,7-10,13H2,1-2H3. The first-order valence-electron chi connectivity index (χ1n) is 10.6. The number of methoxy groups -OCH3 is 1. The number of halogens is 2. The van der Waals surface area contributed by atoms with Crippen molar-refractivity contribution in [3.8, 4) is 22.1 Å². The molecule has 1 aromatic heterocycles. The van der Waals surface area contributed by atoms with Gasteiger partial charge in [0.15, 0.2) is 11.5 Å². The van der Waals surface area contributed by atoms with Crippen LogP contribution < -0.4 is 9.47 Å². The predicted molar refractivity (Wildman–Crippen MR) is 123 cm³/mol. The van der Waals surface area contributed by atoms with Gasteiger partial charge in [-0.1, -0.05) is 0 Å². The number of hydrogen-bond acceptors (Lipinski definition) is 6. The van der Waals surface area contributed by atoms with E-state index < -0.39 is 11.6 Å². The van der Waals surface area contributed by atoms with Crippen LogP contribution in [0.4, 0.5) is 8.78 Å². The second-order valence-electron chi connectivity index (χ2n) is 7.73. The Morgan fingerprint density at radius 2 is 1.76 bits per heavy atom. The number of carbonyl (C=O) groups excluding carboxylic acids is 2. The fourth-order valence-corrected chi connectivity index (χ4v) is 4.40. The van der Waals surface area contributed by atoms with Crippen molar-refractivity contribution in [3.05, 3.63) is 64.7 Å². The van der Waals surface area contributed by atoms with Gasteiger partial charge in [-0.05, 0) is 30.3 Å². The van der Waals surface area contributed by atoms with E-state index in [9.17, 15) is 18.4 Å². The predicted octanol–water partition coefficient (Wildman–Crippen LogP) is 3.98. The highest BCUT2D eigenvalue weighted by Crippen LogP contribution is 2.34. The van der Waals surface area contributed by atoms with Crippen LogP contribution >= 0.6 is 11.3 Å². The molecule has 4 rings (SSSR count). The lowest BCUT2D eigenvalue weighted by Gasteiger charge is -2.33. The van der Waals surface area contributed by atoms with Crippen LogP contribution in [-0.2, 0) is 11.4 Å². The topological polar surface area (TPSA) is 72.0 Å². The van der Waals surface area contributed by atoms with E-state index in [1.54, 1.807) is 33.4 Å². The first-order valence-corrected chi connectivity index (χ1v) is 11.5. The number of thiazole rings is 1. The minimum Gasteiger partial charge on any atom is -0.493 e. The molecule has 34 heavy (non-hydrogen) atoms. The highest BCUT2D eigenvalue weighted by molar-refractivity contribution is 7.13. The molecule has 2 aromatic carbocycles. The van der Waals surface area contributed by atoms with E-state index in [0.29, 0.717) is 48.4 Å². The van der Waals surface area contributed by atoms with Crippen molar-refractivity contribution in [3.63, 3.8) is 0 Å². The number of rotatable bonds is 6. The first kappa shape index (κ1) is 23.6. The van der Waals surface area contributed by atoms with Crippen LogP contribution in [0.3, 0.4) is 0 Å². The van der Waals surface area contributed by atoms with Crippen LogP contribution in [0.1, 0.15) is 23.0 Å². The van der Waals surface area contributed by atoms with E-state index in [0.717, 1.165) is 11.6 Å². The molecular weight excluding hydrogens is 464 g/mol. The summed E-state index contributed by atoms with van der Waals surface area (Å²) in [6, 6.07) is 8.50. The Bertz CT molecular complexity index is 1210. The van der Waals surface area contributed by atoms with Crippen LogP contribution in [-0.4, -0.2) is 59.9 Å². The molecule has 1 saturated heterocycles. The Morgan fingerprint density at radius 1 is 1.03 bits per heavy atom. The van der Waals surface area contributed by atoms with E-state index in [1.165, 1.54) is 37.5 Å². The molecule has 0 bridgehead atoms. The number of benzene rings is 2. The smallest absolute Gasteiger partial charge is 0.273 e. The first-order chi connectivity index (χ1) is 16.4. The molecule has 0 aliphatic carbocycles. The molecule has 0 atom stereocenters. The maximum absolute atomic E-state index is 13.9. The minimum absolute atomic E-state index is 0.00668. The van der Waals surface area contributed by atoms with Crippen molar-refractivity contribution in [2.24, 2.45) is 0 Å². The summed E-state index contributed by atoms with van der Waals surface area (Å²) in [5.41, 5.74) is 1.31. The quantitative estimate of drug-likeness (QED) is 0.526. The molecule has 0 saturated carbocycles. The number of hydrogen-bond donors (Lipinski definition) is 0. The van der Waals surface area contributed by atoms with Crippen LogP contribution in [0, 0.1) is 11.6 Å². The molecule has 178 valence electrons. The van der Waals surface area contributed by atoms with E-state index in [-0.39, 0.29) is 24.0 Å². The minimum atomic E-state index is -0.682. The highest BCUT2D eigenvalue weighted by atomic mass is 32.1. The number of carbonyl (C=O) groups is 2. The van der Waals surface area contributed by atoms with Gasteiger partial charge < -0.3 is 19.3 Å². The average Bonchev–Trinajstić information content (AvgIpc) is 3.33. The second kappa shape index (κ2) is 10.2. The third-order valence-corrected chi connectivity index (χ3v) is 6.44. The maximum atomic E-state index is 13.9. The van der Waals surface area contributed by atoms with E-state index >= 15 is 0 Å². The molecular formula is C24H23F2N3O4S. The van der Waals surface area contributed by atoms with Crippen molar-refractivity contribution in [1.82, 2.24) is 14.8 Å². The van der Waals surface area contributed by atoms with Gasteiger partial charge in [-0.15, -0.1) is 11.3 Å². The van der Waals surface area contributed by atoms with Gasteiger partial charge in [0.25, 0.3) is 5.91 Å². The molecule has 3 aromatic rings. The lowest BCUT2D eigenvalue weighted by molar-refractivity contribution is -0.130. The van der Waals surface area contributed by atoms with Gasteiger partial charge in [0.1, 0.15) is 28.9 Å². The molecule has 2 heterocycles. The zero-order valence-corrected chi connectivity index (χ0v) is 19.5. The third-order valence-electron chi connectivity index (χ3n) is 5.54. The monoisotopic (exact) mass is 487 g/mol. The molecule has 0 spiro atoms. The van der Waals surface area contributed by atoms with Crippen LogP contribution in [0.2, 0.25) is 0 Å². The number of ether oxygens (including phenoxy) is 2. The third kappa shape index (κ3) is 5.17. The summed E-state index contributed by atoms with van der Waals surface area (Å²) in [4.78, 5) is 32.2. The molecule has 10 heteroatoms. The molecule has 7 nitrogen and oxygen atoms in total. The highest BCUT2D eigenvalue weighted by Gasteiger charge is 2.25. The summed E-state index contributed by atoms with van der Waals surface area (Å²) < 4.78 is 38.1. The van der Waals surface area contributed by atoms with E-state index in [1.807, 2.05) is 0 Å². The van der Waals surface area contributed by atoms with Gasteiger partial charge in [-0.3, -0.25) is 9.59 Å². The van der Waals surface area contributed by atoms with E-state index in [2.05, 4.69) is 4.98 Å². The molecule has 0 unspecified atom stereocenters. The lowest BCUT2D eigenvalue weighted by Crippen LogP contribution is -2.50. The van der Waals surface area contributed by atoms with Crippen LogP contribution in [0.15, 0.2) is 41.8 Å². The molecule has 0 N–H and O–H groups in total. The van der Waals surface area contributed by atoms with Crippen molar-refractivity contribution < 1.29 is 27.8 Å². The van der Waals surface area contributed by atoms with Crippen molar-refractivity contribution in [2.75, 3.05) is 33.3 Å². The van der Waals surface area contributed by atoms with Gasteiger partial charge in [0, 0.05) is 55.7 Å². The fraction of sp³-hybridized carbons (Fsp3) is 0.292. The summed E-state index contributed by atoms with van der Waals surface area (Å²) in [5.74, 6) is -0.679. The summed E-state index contributed by atoms with van der Waals surface area (Å²) in [5, 5.41) is 2.35. The van der Waals surface area contributed by atoms with E-state index in [4.69, 9.17) is 9.47 Å². The molecule has 0 radical (unpaired) electrons. The molecule has 1 aliphatic rings. The number of aromatic nitrogens is 1. The number of amides is 2. The zero-order chi connectivity index (χ0) is 24.2. The van der Waals surface area contributed by atoms with Gasteiger partial charge >= 0.3 is 0 Å². The summed E-state index contributed by atoms with van der Waals surface area (Å²) in [6.45, 7) is 3.40. The SMILES string of the molecule is COc1cc(-c2nc(C(=O)N3CCN(C(C)=O)CC3)cs2)ccc1OCc1ccc(F)cc1F. The van der Waals surface area contributed by atoms with Crippen LogP contribution in [0.5, 0.6) is 11.5 Å². The maximum Gasteiger partial charge on any atom is 0.273 e. The summed E-state index contributed by atoms with van der Waals surface area (Å²) in [6.07, 6.45) is 0. The molecule has 2 amide bonds. The Hall–Kier alpha value is -3.53. The summed E-state index contributed by atoms with van der Waals surface area (Å²) in [7, 11) is 1.49. The summed E-state index contributed by atoms with van der Waals surface area (Å²) >= 11 is 1.33. The Morgan fingerprint density at radius 3 is 2.44 bits per heavy atom. The van der Waals surface area contributed by atoms with Crippen molar-refractivity contribution in [2.45, 2.75) is 13.5 Å². The Balaban J connectivity index is 1.44. The van der Waals surface area contributed by atoms with Crippen LogP contribution in [0.25, 0.3) is 10.6 Å². The Kier molecular flexibility index (Phi) is 7.06. The number of nitrogens with zero attached hydrogens (tertiary/aromatic N) is 3. The second-order valence-corrected chi connectivity index (χ2v) is 8.58. The Labute approximate surface area is 199 Å². The number of piperazine rings is 1. The van der Waals surface area contributed by atoms with Gasteiger partial charge in [0.05, 0.1) is 7.11 Å². The van der Waals surface area contributed by atoms with Gasteiger partial charge in [-0.25, -0.2) is 13.8 Å². The van der Waals surface area contributed by atoms with Crippen molar-refractivity contribution >= 4 is 23.2 Å². The average molecular weight is 488 g/mol. The molecule has 1 aliphatic heterocycles. The van der Waals surface area contributed by atoms with Crippen molar-refractivity contribution in [1.29, 1.82) is 0 Å². The van der Waals surface area contributed by atoms with Gasteiger partial charge in [0.2, 0.25) is 5.91 Å². The largest absolute Gasteiger partial charge is 0.493 e. The van der Waals surface area contributed by atoms with Gasteiger partial charge in [-0.2, -0.15) is 0 Å². The molecule has 1 fully saturated rings.